The highest BCUT2D eigenvalue weighted by Crippen LogP contribution is 2.52. The second-order valence-electron chi connectivity index (χ2n) is 5.82. The van der Waals surface area contributed by atoms with Gasteiger partial charge in [0.25, 0.3) is 0 Å². The molecule has 0 amide bonds. The van der Waals surface area contributed by atoms with Crippen molar-refractivity contribution in [3.8, 4) is 0 Å². The molecule has 1 unspecified atom stereocenters. The predicted molar refractivity (Wildman–Crippen MR) is 78.1 cm³/mol. The van der Waals surface area contributed by atoms with Crippen LogP contribution in [0.4, 0.5) is 0 Å². The first-order valence-electron chi connectivity index (χ1n) is 7.07. The zero-order valence-electron chi connectivity index (χ0n) is 11.4. The van der Waals surface area contributed by atoms with Crippen LogP contribution in [0.25, 0.3) is 10.9 Å². The average molecular weight is 304 g/mol. The SMILES string of the molecule is O=S(=O)(c1cccc2ncccc12)N1C[C@@H]2C(CO)[C@@H]2C1. The number of fused-ring (bicyclic) bond motifs is 2. The van der Waals surface area contributed by atoms with Crippen molar-refractivity contribution >= 4 is 20.9 Å². The number of piperidine rings is 1. The maximum absolute atomic E-state index is 12.8. The number of sulfonamides is 1. The zero-order valence-corrected chi connectivity index (χ0v) is 12.2. The summed E-state index contributed by atoms with van der Waals surface area (Å²) in [7, 11) is -3.49. The lowest BCUT2D eigenvalue weighted by Crippen LogP contribution is -2.32. The van der Waals surface area contributed by atoms with E-state index in [0.717, 1.165) is 0 Å². The maximum Gasteiger partial charge on any atom is 0.243 e. The van der Waals surface area contributed by atoms with Gasteiger partial charge in [0, 0.05) is 31.3 Å². The van der Waals surface area contributed by atoms with Gasteiger partial charge >= 0.3 is 0 Å². The molecule has 110 valence electrons. The molecule has 0 radical (unpaired) electrons. The molecule has 6 heteroatoms. The van der Waals surface area contributed by atoms with Crippen molar-refractivity contribution in [2.45, 2.75) is 4.90 Å². The van der Waals surface area contributed by atoms with Crippen LogP contribution in [0.3, 0.4) is 0 Å². The van der Waals surface area contributed by atoms with Crippen LogP contribution < -0.4 is 0 Å². The van der Waals surface area contributed by atoms with E-state index in [-0.39, 0.29) is 6.61 Å². The van der Waals surface area contributed by atoms with Crippen LogP contribution in [0.5, 0.6) is 0 Å². The summed E-state index contributed by atoms with van der Waals surface area (Å²) < 4.78 is 27.2. The Labute approximate surface area is 123 Å². The van der Waals surface area contributed by atoms with Crippen molar-refractivity contribution in [3.63, 3.8) is 0 Å². The van der Waals surface area contributed by atoms with E-state index in [2.05, 4.69) is 4.98 Å². The molecule has 1 aliphatic carbocycles. The van der Waals surface area contributed by atoms with Gasteiger partial charge in [-0.15, -0.1) is 0 Å². The highest BCUT2D eigenvalue weighted by molar-refractivity contribution is 7.89. The number of pyridine rings is 1. The van der Waals surface area contributed by atoms with E-state index >= 15 is 0 Å². The van der Waals surface area contributed by atoms with Crippen LogP contribution in [0.1, 0.15) is 0 Å². The van der Waals surface area contributed by atoms with Crippen LogP contribution in [0.15, 0.2) is 41.4 Å². The lowest BCUT2D eigenvalue weighted by molar-refractivity contribution is 0.247. The Kier molecular flexibility index (Phi) is 2.82. The number of hydrogen-bond acceptors (Lipinski definition) is 4. The highest BCUT2D eigenvalue weighted by Gasteiger charge is 2.57. The van der Waals surface area contributed by atoms with E-state index in [4.69, 9.17) is 0 Å². The standard InChI is InChI=1S/C15H16N2O3S/c18-9-13-11-7-17(8-12(11)13)21(19,20)15-5-1-4-14-10(15)3-2-6-16-14/h1-6,11-13,18H,7-9H2/t11-,12+,13?. The molecule has 2 aliphatic rings. The van der Waals surface area contributed by atoms with Gasteiger partial charge in [-0.05, 0) is 42.0 Å². The van der Waals surface area contributed by atoms with E-state index in [1.165, 1.54) is 0 Å². The summed E-state index contributed by atoms with van der Waals surface area (Å²) in [6.45, 7) is 1.21. The van der Waals surface area contributed by atoms with Crippen molar-refractivity contribution in [1.82, 2.24) is 9.29 Å². The van der Waals surface area contributed by atoms with Gasteiger partial charge in [-0.3, -0.25) is 4.98 Å². The molecular formula is C15H16N2O3S. The molecule has 4 rings (SSSR count). The summed E-state index contributed by atoms with van der Waals surface area (Å²) in [5.74, 6) is 0.960. The minimum absolute atomic E-state index is 0.168. The van der Waals surface area contributed by atoms with Crippen LogP contribution >= 0.6 is 0 Å². The van der Waals surface area contributed by atoms with Crippen LogP contribution in [-0.4, -0.2) is 42.5 Å². The van der Waals surface area contributed by atoms with E-state index in [1.807, 2.05) is 6.07 Å². The molecule has 0 bridgehead atoms. The van der Waals surface area contributed by atoms with Crippen molar-refractivity contribution in [2.24, 2.45) is 17.8 Å². The third kappa shape index (κ3) is 1.90. The fourth-order valence-corrected chi connectivity index (χ4v) is 5.23. The smallest absolute Gasteiger partial charge is 0.243 e. The molecule has 2 heterocycles. The maximum atomic E-state index is 12.8. The molecule has 2 aromatic rings. The molecule has 1 aliphatic heterocycles. The molecule has 3 atom stereocenters. The van der Waals surface area contributed by atoms with Crippen LogP contribution in [0, 0.1) is 17.8 Å². The third-order valence-corrected chi connectivity index (χ3v) is 6.66. The van der Waals surface area contributed by atoms with E-state index in [9.17, 15) is 13.5 Å². The fraction of sp³-hybridized carbons (Fsp3) is 0.400. The molecule has 1 saturated heterocycles. The molecule has 2 fully saturated rings. The Morgan fingerprint density at radius 1 is 1.19 bits per heavy atom. The van der Waals surface area contributed by atoms with E-state index in [0.29, 0.717) is 46.6 Å². The summed E-state index contributed by atoms with van der Waals surface area (Å²) in [6.07, 6.45) is 1.66. The van der Waals surface area contributed by atoms with Crippen LogP contribution in [0.2, 0.25) is 0 Å². The van der Waals surface area contributed by atoms with Crippen molar-refractivity contribution in [1.29, 1.82) is 0 Å². The first-order chi connectivity index (χ1) is 10.1. The largest absolute Gasteiger partial charge is 0.396 e. The first kappa shape index (κ1) is 13.2. The lowest BCUT2D eigenvalue weighted by atomic mass is 10.2. The Morgan fingerprint density at radius 2 is 1.95 bits per heavy atom. The average Bonchev–Trinajstić information content (AvgIpc) is 2.97. The summed E-state index contributed by atoms with van der Waals surface area (Å²) in [4.78, 5) is 4.54. The Bertz CT molecular complexity index is 788. The number of aliphatic hydroxyl groups excluding tert-OH is 1. The molecule has 1 aromatic carbocycles. The summed E-state index contributed by atoms with van der Waals surface area (Å²) in [5, 5.41) is 9.85. The Morgan fingerprint density at radius 3 is 2.67 bits per heavy atom. The van der Waals surface area contributed by atoms with E-state index < -0.39 is 10.0 Å². The zero-order chi connectivity index (χ0) is 14.6. The molecular weight excluding hydrogens is 288 g/mol. The second-order valence-corrected chi connectivity index (χ2v) is 7.73. The monoisotopic (exact) mass is 304 g/mol. The van der Waals surface area contributed by atoms with Gasteiger partial charge in [0.2, 0.25) is 10.0 Å². The first-order valence-corrected chi connectivity index (χ1v) is 8.51. The number of rotatable bonds is 3. The second kappa shape index (κ2) is 4.50. The van der Waals surface area contributed by atoms with Crippen molar-refractivity contribution in [3.05, 3.63) is 36.5 Å². The Hall–Kier alpha value is -1.50. The summed E-state index contributed by atoms with van der Waals surface area (Å²) in [6, 6.07) is 8.74. The summed E-state index contributed by atoms with van der Waals surface area (Å²) in [5.41, 5.74) is 0.691. The molecule has 1 saturated carbocycles. The number of benzene rings is 1. The lowest BCUT2D eigenvalue weighted by Gasteiger charge is -2.20. The Balaban J connectivity index is 1.72. The number of hydrogen-bond donors (Lipinski definition) is 1. The van der Waals surface area contributed by atoms with Gasteiger partial charge in [-0.2, -0.15) is 4.31 Å². The number of nitrogens with zero attached hydrogens (tertiary/aromatic N) is 2. The van der Waals surface area contributed by atoms with Gasteiger partial charge in [0.05, 0.1) is 10.4 Å². The quantitative estimate of drug-likeness (QED) is 0.921. The van der Waals surface area contributed by atoms with E-state index in [1.54, 1.807) is 34.8 Å². The van der Waals surface area contributed by atoms with Gasteiger partial charge in [0.1, 0.15) is 0 Å². The summed E-state index contributed by atoms with van der Waals surface area (Å²) >= 11 is 0. The van der Waals surface area contributed by atoms with Gasteiger partial charge in [0.15, 0.2) is 0 Å². The minimum atomic E-state index is -3.49. The fourth-order valence-electron chi connectivity index (χ4n) is 3.52. The molecule has 1 aromatic heterocycles. The predicted octanol–water partition coefficient (Wildman–Crippen LogP) is 1.09. The van der Waals surface area contributed by atoms with Crippen molar-refractivity contribution in [2.75, 3.05) is 19.7 Å². The van der Waals surface area contributed by atoms with Crippen LogP contribution in [-0.2, 0) is 10.0 Å². The number of aliphatic hydroxyl groups is 1. The highest BCUT2D eigenvalue weighted by atomic mass is 32.2. The topological polar surface area (TPSA) is 70.5 Å². The van der Waals surface area contributed by atoms with Crippen molar-refractivity contribution < 1.29 is 13.5 Å². The normalized spacial score (nSPS) is 28.7. The molecule has 5 nitrogen and oxygen atoms in total. The van der Waals surface area contributed by atoms with Gasteiger partial charge in [-0.1, -0.05) is 6.07 Å². The van der Waals surface area contributed by atoms with Gasteiger partial charge in [-0.25, -0.2) is 8.42 Å². The molecule has 0 spiro atoms. The molecule has 21 heavy (non-hydrogen) atoms. The number of aromatic nitrogens is 1. The molecule has 1 N–H and O–H groups in total. The minimum Gasteiger partial charge on any atom is -0.396 e. The third-order valence-electron chi connectivity index (χ3n) is 4.77. The van der Waals surface area contributed by atoms with Gasteiger partial charge < -0.3 is 5.11 Å².